The van der Waals surface area contributed by atoms with Crippen LogP contribution in [0, 0.1) is 17.6 Å². The van der Waals surface area contributed by atoms with E-state index < -0.39 is 17.7 Å². The first kappa shape index (κ1) is 25.4. The van der Waals surface area contributed by atoms with E-state index in [0.29, 0.717) is 49.9 Å². The molecule has 10 nitrogen and oxygen atoms in total. The number of hydrogen-bond donors (Lipinski definition) is 3. The van der Waals surface area contributed by atoms with E-state index in [1.54, 1.807) is 30.7 Å². The number of aliphatic hydroxyl groups is 1. The lowest BCUT2D eigenvalue weighted by atomic mass is 9.92. The Hall–Kier alpha value is -3.87. The monoisotopic (exact) mass is 537 g/mol. The molecule has 0 spiro atoms. The molecule has 39 heavy (non-hydrogen) atoms. The number of aliphatic hydroxyl groups excluding tert-OH is 1. The normalized spacial score (nSPS) is 23.4. The predicted octanol–water partition coefficient (Wildman–Crippen LogP) is 3.13. The number of halogens is 2. The third kappa shape index (κ3) is 4.98. The van der Waals surface area contributed by atoms with Crippen molar-refractivity contribution >= 4 is 22.8 Å². The summed E-state index contributed by atoms with van der Waals surface area (Å²) in [5, 5.41) is 18.0. The van der Waals surface area contributed by atoms with Crippen molar-refractivity contribution in [3.8, 4) is 17.0 Å². The molecule has 3 aromatic heterocycles. The molecule has 1 unspecified atom stereocenters. The van der Waals surface area contributed by atoms with Crippen molar-refractivity contribution in [1.29, 1.82) is 0 Å². The number of nitrogens with two attached hydrogens (primary N) is 1. The molecule has 0 amide bonds. The van der Waals surface area contributed by atoms with Crippen molar-refractivity contribution in [2.45, 2.75) is 31.6 Å². The number of rotatable bonds is 6. The number of ether oxygens (including phenoxy) is 2. The van der Waals surface area contributed by atoms with Crippen molar-refractivity contribution in [3.05, 3.63) is 60.6 Å². The number of pyridine rings is 1. The van der Waals surface area contributed by atoms with E-state index >= 15 is 8.78 Å². The molecule has 12 heteroatoms. The first-order chi connectivity index (χ1) is 18.9. The molecular formula is C27H29F2N7O3. The van der Waals surface area contributed by atoms with E-state index in [1.807, 2.05) is 13.0 Å². The van der Waals surface area contributed by atoms with Crippen LogP contribution in [0.15, 0.2) is 48.9 Å². The molecule has 0 bridgehead atoms. The molecule has 0 saturated carbocycles. The quantitative estimate of drug-likeness (QED) is 0.340. The summed E-state index contributed by atoms with van der Waals surface area (Å²) in [5.74, 6) is -1.12. The van der Waals surface area contributed by atoms with E-state index in [4.69, 9.17) is 15.2 Å². The van der Waals surface area contributed by atoms with Gasteiger partial charge < -0.3 is 30.5 Å². The highest BCUT2D eigenvalue weighted by molar-refractivity contribution is 5.74. The van der Waals surface area contributed by atoms with Crippen molar-refractivity contribution < 1.29 is 23.4 Å². The Morgan fingerprint density at radius 3 is 2.72 bits per heavy atom. The fraction of sp³-hybridized carbons (Fsp3) is 0.370. The van der Waals surface area contributed by atoms with Gasteiger partial charge in [-0.1, -0.05) is 6.92 Å². The number of piperidine rings is 1. The molecule has 2 fully saturated rings. The van der Waals surface area contributed by atoms with Gasteiger partial charge in [-0.15, -0.1) is 0 Å². The summed E-state index contributed by atoms with van der Waals surface area (Å²) < 4.78 is 42.7. The molecule has 6 rings (SSSR count). The van der Waals surface area contributed by atoms with Crippen LogP contribution in [0.1, 0.15) is 13.3 Å². The van der Waals surface area contributed by atoms with Crippen LogP contribution < -0.4 is 20.7 Å². The number of hydrogen-bond acceptors (Lipinski definition) is 9. The minimum absolute atomic E-state index is 0.0145. The van der Waals surface area contributed by atoms with Gasteiger partial charge >= 0.3 is 0 Å². The van der Waals surface area contributed by atoms with Crippen molar-refractivity contribution in [2.75, 3.05) is 36.5 Å². The summed E-state index contributed by atoms with van der Waals surface area (Å²) in [4.78, 5) is 10.8. The average Bonchev–Trinajstić information content (AvgIpc) is 3.57. The third-order valence-corrected chi connectivity index (χ3v) is 7.19. The zero-order valence-corrected chi connectivity index (χ0v) is 21.3. The van der Waals surface area contributed by atoms with Crippen LogP contribution in [0.3, 0.4) is 0 Å². The first-order valence-electron chi connectivity index (χ1n) is 12.9. The van der Waals surface area contributed by atoms with Gasteiger partial charge in [-0.05, 0) is 18.2 Å². The molecule has 4 atom stereocenters. The SMILES string of the molecule is C[C@H]1CN(c2ccncc2Nc2ncc3ccc(-c4c(F)cc(OC5CCOC5)cc4F)nn23)C[C@@H](N)[C@@H]1O. The Bertz CT molecular complexity index is 1460. The summed E-state index contributed by atoms with van der Waals surface area (Å²) in [6.45, 7) is 4.00. The summed E-state index contributed by atoms with van der Waals surface area (Å²) in [5.41, 5.74) is 8.14. The zero-order valence-electron chi connectivity index (χ0n) is 21.3. The van der Waals surface area contributed by atoms with Crippen molar-refractivity contribution in [1.82, 2.24) is 19.6 Å². The van der Waals surface area contributed by atoms with E-state index in [0.717, 1.165) is 5.69 Å². The average molecular weight is 538 g/mol. The second kappa shape index (κ2) is 10.4. The van der Waals surface area contributed by atoms with Gasteiger partial charge in [0.2, 0.25) is 5.95 Å². The standard InChI is InChI=1S/C27H29F2N7O3/c1-15-12-35(13-21(30)26(15)37)24-4-6-31-11-23(24)33-27-32-10-16-2-3-22(34-36(16)27)25-19(28)8-18(9-20(25)29)39-17-5-7-38-14-17/h2-4,6,8-11,15,17,21,26,37H,5,7,12-14,30H2,1H3,(H,32,33)/t15-,17?,21+,26+/m0/s1. The number of benzene rings is 1. The van der Waals surface area contributed by atoms with Crippen LogP contribution in [0.4, 0.5) is 26.1 Å². The van der Waals surface area contributed by atoms with Crippen LogP contribution >= 0.6 is 0 Å². The Kier molecular flexibility index (Phi) is 6.75. The highest BCUT2D eigenvalue weighted by Gasteiger charge is 2.32. The summed E-state index contributed by atoms with van der Waals surface area (Å²) in [6.07, 6.45) is 4.82. The van der Waals surface area contributed by atoms with Crippen LogP contribution in [0.5, 0.6) is 5.75 Å². The molecule has 0 aliphatic carbocycles. The highest BCUT2D eigenvalue weighted by atomic mass is 19.1. The number of nitrogens with zero attached hydrogens (tertiary/aromatic N) is 5. The molecule has 4 aromatic rings. The van der Waals surface area contributed by atoms with Gasteiger partial charge in [0.25, 0.3) is 0 Å². The minimum atomic E-state index is -0.780. The molecular weight excluding hydrogens is 508 g/mol. The number of imidazole rings is 1. The lowest BCUT2D eigenvalue weighted by Gasteiger charge is -2.40. The fourth-order valence-corrected chi connectivity index (χ4v) is 5.15. The van der Waals surface area contributed by atoms with Gasteiger partial charge in [0.15, 0.2) is 0 Å². The summed E-state index contributed by atoms with van der Waals surface area (Å²) in [7, 11) is 0. The second-order valence-corrected chi connectivity index (χ2v) is 10.1. The zero-order chi connectivity index (χ0) is 27.1. The van der Waals surface area contributed by atoms with Crippen LogP contribution in [-0.2, 0) is 4.74 Å². The first-order valence-corrected chi connectivity index (χ1v) is 12.9. The Morgan fingerprint density at radius 1 is 1.15 bits per heavy atom. The number of anilines is 3. The molecule has 204 valence electrons. The van der Waals surface area contributed by atoms with Gasteiger partial charge in [-0.2, -0.15) is 9.61 Å². The summed E-state index contributed by atoms with van der Waals surface area (Å²) >= 11 is 0. The van der Waals surface area contributed by atoms with Crippen LogP contribution in [-0.4, -0.2) is 69.2 Å². The van der Waals surface area contributed by atoms with E-state index in [-0.39, 0.29) is 35.1 Å². The minimum Gasteiger partial charge on any atom is -0.488 e. The highest BCUT2D eigenvalue weighted by Crippen LogP contribution is 2.33. The number of nitrogens with one attached hydrogen (secondary N) is 1. The maximum atomic E-state index is 15.1. The molecule has 5 heterocycles. The predicted molar refractivity (Wildman–Crippen MR) is 141 cm³/mol. The third-order valence-electron chi connectivity index (χ3n) is 7.19. The molecule has 1 aromatic carbocycles. The second-order valence-electron chi connectivity index (χ2n) is 10.1. The smallest absolute Gasteiger partial charge is 0.229 e. The van der Waals surface area contributed by atoms with Crippen molar-refractivity contribution in [3.63, 3.8) is 0 Å². The Balaban J connectivity index is 1.30. The molecule has 4 N–H and O–H groups in total. The lowest BCUT2D eigenvalue weighted by Crippen LogP contribution is -2.55. The lowest BCUT2D eigenvalue weighted by molar-refractivity contribution is 0.0785. The Labute approximate surface area is 223 Å². The van der Waals surface area contributed by atoms with E-state index in [2.05, 4.69) is 25.3 Å². The largest absolute Gasteiger partial charge is 0.488 e. The maximum absolute atomic E-state index is 15.1. The van der Waals surface area contributed by atoms with Gasteiger partial charge in [0.05, 0.1) is 59.9 Å². The van der Waals surface area contributed by atoms with Gasteiger partial charge in [-0.25, -0.2) is 13.8 Å². The maximum Gasteiger partial charge on any atom is 0.229 e. The molecule has 2 aliphatic heterocycles. The number of fused-ring (bicyclic) bond motifs is 1. The van der Waals surface area contributed by atoms with E-state index in [9.17, 15) is 5.11 Å². The van der Waals surface area contributed by atoms with Gasteiger partial charge in [0.1, 0.15) is 23.5 Å². The molecule has 2 saturated heterocycles. The van der Waals surface area contributed by atoms with Crippen molar-refractivity contribution in [2.24, 2.45) is 11.7 Å². The topological polar surface area (TPSA) is 123 Å². The van der Waals surface area contributed by atoms with Gasteiger partial charge in [-0.3, -0.25) is 4.98 Å². The molecule has 0 radical (unpaired) electrons. The summed E-state index contributed by atoms with van der Waals surface area (Å²) in [6, 6.07) is 7.04. The van der Waals surface area contributed by atoms with Gasteiger partial charge in [0, 0.05) is 49.8 Å². The van der Waals surface area contributed by atoms with Crippen LogP contribution in [0.2, 0.25) is 0 Å². The Morgan fingerprint density at radius 2 is 1.97 bits per heavy atom. The van der Waals surface area contributed by atoms with Crippen LogP contribution in [0.25, 0.3) is 16.8 Å². The molecule has 2 aliphatic rings. The van der Waals surface area contributed by atoms with E-state index in [1.165, 1.54) is 16.6 Å². The number of aromatic nitrogens is 4. The fourth-order valence-electron chi connectivity index (χ4n) is 5.15.